The fourth-order valence-corrected chi connectivity index (χ4v) is 0.892. The van der Waals surface area contributed by atoms with Crippen molar-refractivity contribution in [1.29, 1.82) is 0 Å². The average Bonchev–Trinajstić information content (AvgIpc) is 2.03. The highest BCUT2D eigenvalue weighted by molar-refractivity contribution is 5.66. The summed E-state index contributed by atoms with van der Waals surface area (Å²) in [4.78, 5) is 10.6. The van der Waals surface area contributed by atoms with E-state index in [9.17, 15) is 4.79 Å². The van der Waals surface area contributed by atoms with Crippen LogP contribution in [0.2, 0.25) is 0 Å². The zero-order chi connectivity index (χ0) is 9.40. The Kier molecular flexibility index (Phi) is 6.53. The van der Waals surface area contributed by atoms with Gasteiger partial charge in [-0.25, -0.2) is 4.79 Å². The molecule has 0 spiro atoms. The number of nitrogens with one attached hydrogen (secondary N) is 1. The van der Waals surface area contributed by atoms with Crippen LogP contribution in [0.15, 0.2) is 0 Å². The predicted molar refractivity (Wildman–Crippen MR) is 49.1 cm³/mol. The Morgan fingerprint density at radius 1 is 1.42 bits per heavy atom. The number of hydrogen-bond acceptors (Lipinski definition) is 2. The van der Waals surface area contributed by atoms with E-state index in [0.29, 0.717) is 6.61 Å². The number of rotatable bonds is 5. The minimum Gasteiger partial charge on any atom is -0.450 e. The van der Waals surface area contributed by atoms with Crippen LogP contribution in [-0.4, -0.2) is 19.7 Å². The maximum atomic E-state index is 10.6. The minimum atomic E-state index is -0.334. The smallest absolute Gasteiger partial charge is 0.406 e. The van der Waals surface area contributed by atoms with Crippen LogP contribution < -0.4 is 5.32 Å². The fraction of sp³-hybridized carbons (Fsp3) is 0.889. The maximum Gasteiger partial charge on any atom is 0.406 e. The van der Waals surface area contributed by atoms with Gasteiger partial charge in [-0.1, -0.05) is 20.3 Å². The second kappa shape index (κ2) is 6.95. The Morgan fingerprint density at radius 3 is 2.58 bits per heavy atom. The molecule has 0 aromatic rings. The highest BCUT2D eigenvalue weighted by Gasteiger charge is 1.97. The molecular weight excluding hydrogens is 154 g/mol. The quantitative estimate of drug-likeness (QED) is 0.647. The standard InChI is InChI=1S/C9H19NO2/c1-8(2)6-4-5-7-12-9(11)10-3/h8H,4-7H2,1-3H3,(H,10,11). The van der Waals surface area contributed by atoms with Crippen LogP contribution >= 0.6 is 0 Å². The second-order valence-electron chi connectivity index (χ2n) is 3.28. The molecule has 1 amide bonds. The molecule has 72 valence electrons. The summed E-state index contributed by atoms with van der Waals surface area (Å²) in [6, 6.07) is 0. The number of alkyl carbamates (subject to hydrolysis) is 1. The van der Waals surface area contributed by atoms with E-state index in [1.807, 2.05) is 0 Å². The van der Waals surface area contributed by atoms with Gasteiger partial charge in [-0.2, -0.15) is 0 Å². The SMILES string of the molecule is CNC(=O)OCCCCC(C)C. The molecule has 0 aromatic heterocycles. The second-order valence-corrected chi connectivity index (χ2v) is 3.28. The minimum absolute atomic E-state index is 0.334. The molecule has 3 heteroatoms. The average molecular weight is 173 g/mol. The summed E-state index contributed by atoms with van der Waals surface area (Å²) in [5.74, 6) is 0.741. The Bertz CT molecular complexity index is 124. The van der Waals surface area contributed by atoms with Gasteiger partial charge in [-0.05, 0) is 18.8 Å². The van der Waals surface area contributed by atoms with Gasteiger partial charge in [-0.15, -0.1) is 0 Å². The van der Waals surface area contributed by atoms with E-state index >= 15 is 0 Å². The van der Waals surface area contributed by atoms with Gasteiger partial charge in [0, 0.05) is 7.05 Å². The van der Waals surface area contributed by atoms with Gasteiger partial charge in [-0.3, -0.25) is 0 Å². The highest BCUT2D eigenvalue weighted by Crippen LogP contribution is 2.05. The molecule has 0 saturated heterocycles. The summed E-state index contributed by atoms with van der Waals surface area (Å²) in [6.45, 7) is 4.92. The van der Waals surface area contributed by atoms with Crippen LogP contribution in [0.4, 0.5) is 4.79 Å². The number of carbonyl (C=O) groups excluding carboxylic acids is 1. The van der Waals surface area contributed by atoms with Crippen molar-refractivity contribution in [3.8, 4) is 0 Å². The van der Waals surface area contributed by atoms with Crippen LogP contribution in [0.1, 0.15) is 33.1 Å². The first-order valence-corrected chi connectivity index (χ1v) is 4.51. The summed E-state index contributed by atoms with van der Waals surface area (Å²) in [5, 5.41) is 2.40. The van der Waals surface area contributed by atoms with E-state index in [0.717, 1.165) is 18.8 Å². The van der Waals surface area contributed by atoms with Crippen molar-refractivity contribution in [1.82, 2.24) is 5.32 Å². The number of ether oxygens (including phenoxy) is 1. The van der Waals surface area contributed by atoms with Crippen LogP contribution in [-0.2, 0) is 4.74 Å². The van der Waals surface area contributed by atoms with Crippen molar-refractivity contribution in [2.24, 2.45) is 5.92 Å². The van der Waals surface area contributed by atoms with Crippen molar-refractivity contribution < 1.29 is 9.53 Å². The van der Waals surface area contributed by atoms with Gasteiger partial charge < -0.3 is 10.1 Å². The molecule has 0 rings (SSSR count). The Balaban J connectivity index is 3.05. The lowest BCUT2D eigenvalue weighted by molar-refractivity contribution is 0.146. The molecule has 1 N–H and O–H groups in total. The van der Waals surface area contributed by atoms with Crippen molar-refractivity contribution >= 4 is 6.09 Å². The summed E-state index contributed by atoms with van der Waals surface area (Å²) >= 11 is 0. The van der Waals surface area contributed by atoms with E-state index in [1.54, 1.807) is 7.05 Å². The molecular formula is C9H19NO2. The molecule has 0 heterocycles. The van der Waals surface area contributed by atoms with Gasteiger partial charge in [0.2, 0.25) is 0 Å². The third-order valence-electron chi connectivity index (χ3n) is 1.61. The third kappa shape index (κ3) is 7.38. The lowest BCUT2D eigenvalue weighted by atomic mass is 10.1. The molecule has 0 radical (unpaired) electrons. The molecule has 0 unspecified atom stereocenters. The van der Waals surface area contributed by atoms with Gasteiger partial charge in [0.05, 0.1) is 6.61 Å². The molecule has 3 nitrogen and oxygen atoms in total. The van der Waals surface area contributed by atoms with Gasteiger partial charge in [0.15, 0.2) is 0 Å². The Labute approximate surface area is 74.5 Å². The van der Waals surface area contributed by atoms with Crippen molar-refractivity contribution in [3.05, 3.63) is 0 Å². The zero-order valence-corrected chi connectivity index (χ0v) is 8.22. The van der Waals surface area contributed by atoms with Crippen LogP contribution in [0.5, 0.6) is 0 Å². The first kappa shape index (κ1) is 11.3. The number of unbranched alkanes of at least 4 members (excludes halogenated alkanes) is 1. The predicted octanol–water partition coefficient (Wildman–Crippen LogP) is 2.17. The summed E-state index contributed by atoms with van der Waals surface area (Å²) in [5.41, 5.74) is 0. The lowest BCUT2D eigenvalue weighted by Crippen LogP contribution is -2.19. The van der Waals surface area contributed by atoms with Crippen LogP contribution in [0, 0.1) is 5.92 Å². The molecule has 0 aromatic carbocycles. The largest absolute Gasteiger partial charge is 0.450 e. The molecule has 0 saturated carbocycles. The third-order valence-corrected chi connectivity index (χ3v) is 1.61. The molecule has 12 heavy (non-hydrogen) atoms. The van der Waals surface area contributed by atoms with E-state index < -0.39 is 0 Å². The van der Waals surface area contributed by atoms with Gasteiger partial charge >= 0.3 is 6.09 Å². The van der Waals surface area contributed by atoms with Crippen LogP contribution in [0.3, 0.4) is 0 Å². The molecule has 0 fully saturated rings. The van der Waals surface area contributed by atoms with E-state index in [-0.39, 0.29) is 6.09 Å². The van der Waals surface area contributed by atoms with Gasteiger partial charge in [0.25, 0.3) is 0 Å². The van der Waals surface area contributed by atoms with Crippen molar-refractivity contribution in [2.45, 2.75) is 33.1 Å². The van der Waals surface area contributed by atoms with E-state index in [2.05, 4.69) is 19.2 Å². The molecule has 0 aliphatic rings. The monoisotopic (exact) mass is 173 g/mol. The molecule has 0 bridgehead atoms. The van der Waals surface area contributed by atoms with Crippen LogP contribution in [0.25, 0.3) is 0 Å². The first-order valence-electron chi connectivity index (χ1n) is 4.51. The van der Waals surface area contributed by atoms with Gasteiger partial charge in [0.1, 0.15) is 0 Å². The van der Waals surface area contributed by atoms with E-state index in [4.69, 9.17) is 4.74 Å². The zero-order valence-electron chi connectivity index (χ0n) is 8.22. The van der Waals surface area contributed by atoms with Crippen molar-refractivity contribution in [2.75, 3.05) is 13.7 Å². The maximum absolute atomic E-state index is 10.6. The highest BCUT2D eigenvalue weighted by atomic mass is 16.5. The summed E-state index contributed by atoms with van der Waals surface area (Å²) in [7, 11) is 1.57. The Morgan fingerprint density at radius 2 is 2.08 bits per heavy atom. The van der Waals surface area contributed by atoms with E-state index in [1.165, 1.54) is 6.42 Å². The number of hydrogen-bond donors (Lipinski definition) is 1. The topological polar surface area (TPSA) is 38.3 Å². The lowest BCUT2D eigenvalue weighted by Gasteiger charge is -2.05. The summed E-state index contributed by atoms with van der Waals surface area (Å²) in [6.07, 6.45) is 2.97. The molecule has 0 atom stereocenters. The number of carbonyl (C=O) groups is 1. The molecule has 0 aliphatic heterocycles. The van der Waals surface area contributed by atoms with Crippen molar-refractivity contribution in [3.63, 3.8) is 0 Å². The molecule has 0 aliphatic carbocycles. The normalized spacial score (nSPS) is 10.0. The first-order chi connectivity index (χ1) is 5.66. The summed E-state index contributed by atoms with van der Waals surface area (Å²) < 4.78 is 4.82. The number of amides is 1. The fourth-order valence-electron chi connectivity index (χ4n) is 0.892. The Hall–Kier alpha value is -0.730.